The number of piperidine rings is 1. The average molecular weight is 270 g/mol. The highest BCUT2D eigenvalue weighted by Crippen LogP contribution is 2.22. The summed E-state index contributed by atoms with van der Waals surface area (Å²) in [6, 6.07) is 0.197. The fourth-order valence-electron chi connectivity index (χ4n) is 2.90. The Bertz CT molecular complexity index is 430. The molecule has 18 heavy (non-hydrogen) atoms. The summed E-state index contributed by atoms with van der Waals surface area (Å²) < 4.78 is 23.6. The molecule has 2 saturated heterocycles. The van der Waals surface area contributed by atoms with Crippen molar-refractivity contribution in [3.05, 3.63) is 0 Å². The quantitative estimate of drug-likeness (QED) is 0.747. The number of likely N-dealkylation sites (tertiary alicyclic amines) is 1. The number of nitrogens with one attached hydrogen (secondary N) is 1. The predicted molar refractivity (Wildman–Crippen MR) is 73.1 cm³/mol. The molecule has 0 aromatic carbocycles. The first-order valence-corrected chi connectivity index (χ1v) is 8.52. The van der Waals surface area contributed by atoms with Gasteiger partial charge in [-0.05, 0) is 32.9 Å². The molecular formula is C13H22N2O2S. The summed E-state index contributed by atoms with van der Waals surface area (Å²) >= 11 is 0. The van der Waals surface area contributed by atoms with E-state index in [1.807, 2.05) is 0 Å². The van der Waals surface area contributed by atoms with Crippen molar-refractivity contribution in [2.45, 2.75) is 38.3 Å². The second-order valence-electron chi connectivity index (χ2n) is 5.16. The smallest absolute Gasteiger partial charge is 0.153 e. The third kappa shape index (κ3) is 3.47. The van der Waals surface area contributed by atoms with Crippen molar-refractivity contribution < 1.29 is 8.42 Å². The first-order chi connectivity index (χ1) is 8.62. The number of hydrogen-bond donors (Lipinski definition) is 1. The van der Waals surface area contributed by atoms with E-state index in [1.54, 1.807) is 6.92 Å². The molecule has 0 bridgehead atoms. The van der Waals surface area contributed by atoms with Crippen LogP contribution in [0.2, 0.25) is 0 Å². The zero-order chi connectivity index (χ0) is 13.0. The third-order valence-corrected chi connectivity index (χ3v) is 5.53. The monoisotopic (exact) mass is 270 g/mol. The van der Waals surface area contributed by atoms with Gasteiger partial charge >= 0.3 is 0 Å². The van der Waals surface area contributed by atoms with Gasteiger partial charge in [0.15, 0.2) is 9.84 Å². The Morgan fingerprint density at radius 3 is 2.61 bits per heavy atom. The van der Waals surface area contributed by atoms with Gasteiger partial charge in [0.1, 0.15) is 0 Å². The van der Waals surface area contributed by atoms with E-state index in [0.717, 1.165) is 13.1 Å². The van der Waals surface area contributed by atoms with Crippen LogP contribution in [0.15, 0.2) is 0 Å². The molecule has 2 atom stereocenters. The normalized spacial score (nSPS) is 31.8. The van der Waals surface area contributed by atoms with Crippen molar-refractivity contribution in [2.75, 3.05) is 31.1 Å². The van der Waals surface area contributed by atoms with Crippen LogP contribution in [-0.2, 0) is 9.84 Å². The lowest BCUT2D eigenvalue weighted by atomic mass is 10.1. The molecule has 5 heteroatoms. The van der Waals surface area contributed by atoms with Gasteiger partial charge in [0, 0.05) is 12.1 Å². The van der Waals surface area contributed by atoms with E-state index >= 15 is 0 Å². The highest BCUT2D eigenvalue weighted by atomic mass is 32.2. The van der Waals surface area contributed by atoms with Crippen molar-refractivity contribution in [2.24, 2.45) is 0 Å². The van der Waals surface area contributed by atoms with Crippen LogP contribution in [0.1, 0.15) is 26.2 Å². The molecule has 0 aromatic rings. The highest BCUT2D eigenvalue weighted by Gasteiger charge is 2.40. The maximum atomic E-state index is 11.8. The van der Waals surface area contributed by atoms with Gasteiger partial charge in [-0.1, -0.05) is 12.3 Å². The molecule has 2 rings (SSSR count). The Morgan fingerprint density at radius 2 is 1.94 bits per heavy atom. The van der Waals surface area contributed by atoms with Crippen molar-refractivity contribution in [3.63, 3.8) is 0 Å². The molecule has 1 N–H and O–H groups in total. The summed E-state index contributed by atoms with van der Waals surface area (Å²) in [7, 11) is -2.88. The van der Waals surface area contributed by atoms with Crippen LogP contribution in [0, 0.1) is 11.8 Å². The number of rotatable bonds is 3. The van der Waals surface area contributed by atoms with Gasteiger partial charge in [-0.3, -0.25) is 4.90 Å². The van der Waals surface area contributed by atoms with Crippen LogP contribution in [0.5, 0.6) is 0 Å². The van der Waals surface area contributed by atoms with E-state index in [9.17, 15) is 8.42 Å². The molecule has 0 saturated carbocycles. The molecule has 0 aliphatic carbocycles. The second-order valence-corrected chi connectivity index (χ2v) is 7.31. The van der Waals surface area contributed by atoms with E-state index in [2.05, 4.69) is 22.1 Å². The summed E-state index contributed by atoms with van der Waals surface area (Å²) in [5.74, 6) is 6.36. The summed E-state index contributed by atoms with van der Waals surface area (Å²) in [6.07, 6.45) is 3.66. The maximum absolute atomic E-state index is 11.8. The largest absolute Gasteiger partial charge is 0.301 e. The number of hydrogen-bond acceptors (Lipinski definition) is 4. The topological polar surface area (TPSA) is 49.4 Å². The SMILES string of the molecule is CC#CCN[C@H]1CS(=O)(=O)C[C@@H]1N1CCCCC1. The van der Waals surface area contributed by atoms with E-state index in [0.29, 0.717) is 12.3 Å². The molecule has 2 heterocycles. The van der Waals surface area contributed by atoms with Crippen LogP contribution in [0.4, 0.5) is 0 Å². The molecule has 2 aliphatic rings. The predicted octanol–water partition coefficient (Wildman–Crippen LogP) is 0.251. The lowest BCUT2D eigenvalue weighted by Gasteiger charge is -2.34. The molecular weight excluding hydrogens is 248 g/mol. The van der Waals surface area contributed by atoms with Crippen LogP contribution < -0.4 is 5.32 Å². The van der Waals surface area contributed by atoms with Crippen LogP contribution >= 0.6 is 0 Å². The summed E-state index contributed by atoms with van der Waals surface area (Å²) in [5.41, 5.74) is 0. The van der Waals surface area contributed by atoms with Crippen molar-refractivity contribution >= 4 is 9.84 Å². The minimum absolute atomic E-state index is 0.0500. The first kappa shape index (κ1) is 13.9. The van der Waals surface area contributed by atoms with Gasteiger partial charge in [0.25, 0.3) is 0 Å². The Labute approximate surface area is 110 Å². The summed E-state index contributed by atoms with van der Waals surface area (Å²) in [6.45, 7) is 4.46. The minimum atomic E-state index is -2.88. The fraction of sp³-hybridized carbons (Fsp3) is 0.846. The summed E-state index contributed by atoms with van der Waals surface area (Å²) in [5, 5.41) is 3.29. The Balaban J connectivity index is 2.01. The fourth-order valence-corrected chi connectivity index (χ4v) is 4.89. The zero-order valence-corrected chi connectivity index (χ0v) is 11.8. The van der Waals surface area contributed by atoms with Gasteiger partial charge in [0.05, 0.1) is 18.1 Å². The first-order valence-electron chi connectivity index (χ1n) is 6.70. The van der Waals surface area contributed by atoms with Gasteiger partial charge in [0.2, 0.25) is 0 Å². The van der Waals surface area contributed by atoms with E-state index < -0.39 is 9.84 Å². The van der Waals surface area contributed by atoms with Gasteiger partial charge in [-0.25, -0.2) is 8.42 Å². The van der Waals surface area contributed by atoms with Crippen LogP contribution in [0.25, 0.3) is 0 Å². The summed E-state index contributed by atoms with van der Waals surface area (Å²) in [4.78, 5) is 2.35. The van der Waals surface area contributed by atoms with Gasteiger partial charge in [-0.2, -0.15) is 0 Å². The van der Waals surface area contributed by atoms with Gasteiger partial charge in [-0.15, -0.1) is 5.92 Å². The zero-order valence-electron chi connectivity index (χ0n) is 11.0. The van der Waals surface area contributed by atoms with Gasteiger partial charge < -0.3 is 5.32 Å². The molecule has 0 aromatic heterocycles. The number of nitrogens with zero attached hydrogens (tertiary/aromatic N) is 1. The van der Waals surface area contributed by atoms with Crippen molar-refractivity contribution in [3.8, 4) is 11.8 Å². The van der Waals surface area contributed by atoms with E-state index in [-0.39, 0.29) is 17.8 Å². The van der Waals surface area contributed by atoms with Crippen molar-refractivity contribution in [1.29, 1.82) is 0 Å². The molecule has 0 amide bonds. The van der Waals surface area contributed by atoms with Crippen LogP contribution in [-0.4, -0.2) is 56.5 Å². The maximum Gasteiger partial charge on any atom is 0.153 e. The molecule has 0 unspecified atom stereocenters. The highest BCUT2D eigenvalue weighted by molar-refractivity contribution is 7.91. The molecule has 0 spiro atoms. The average Bonchev–Trinajstić information content (AvgIpc) is 2.66. The number of sulfone groups is 1. The third-order valence-electron chi connectivity index (χ3n) is 3.81. The van der Waals surface area contributed by atoms with E-state index in [4.69, 9.17) is 0 Å². The molecule has 102 valence electrons. The molecule has 4 nitrogen and oxygen atoms in total. The molecule has 0 radical (unpaired) electrons. The Morgan fingerprint density at radius 1 is 1.22 bits per heavy atom. The lowest BCUT2D eigenvalue weighted by molar-refractivity contribution is 0.157. The molecule has 2 aliphatic heterocycles. The standard InChI is InChI=1S/C13H22N2O2S/c1-2-3-7-14-12-10-18(16,17)11-13(12)15-8-5-4-6-9-15/h12-14H,4-11H2,1H3/t12-,13-/m0/s1. The Hall–Kier alpha value is -0.570. The van der Waals surface area contributed by atoms with Crippen molar-refractivity contribution in [1.82, 2.24) is 10.2 Å². The van der Waals surface area contributed by atoms with Crippen LogP contribution in [0.3, 0.4) is 0 Å². The second kappa shape index (κ2) is 6.05. The lowest BCUT2D eigenvalue weighted by Crippen LogP contribution is -2.51. The van der Waals surface area contributed by atoms with E-state index in [1.165, 1.54) is 19.3 Å². The molecule has 2 fully saturated rings. The minimum Gasteiger partial charge on any atom is -0.301 e. The Kier molecular flexibility index (Phi) is 4.66.